The highest BCUT2D eigenvalue weighted by Gasteiger charge is 2.46. The minimum atomic E-state index is -0.250. The van der Waals surface area contributed by atoms with Crippen molar-refractivity contribution in [1.82, 2.24) is 0 Å². The summed E-state index contributed by atoms with van der Waals surface area (Å²) in [5.41, 5.74) is 4.25. The van der Waals surface area contributed by atoms with E-state index in [-0.39, 0.29) is 6.47 Å². The molecule has 1 saturated carbocycles. The third-order valence-corrected chi connectivity index (χ3v) is 4.17. The van der Waals surface area contributed by atoms with Gasteiger partial charge in [-0.25, -0.2) is 0 Å². The summed E-state index contributed by atoms with van der Waals surface area (Å²) in [5, 5.41) is 6.89. The predicted molar refractivity (Wildman–Crippen MR) is 80.5 cm³/mol. The maximum Gasteiger partial charge on any atom is 0.290 e. The number of fused-ring (bicyclic) bond motifs is 3. The van der Waals surface area contributed by atoms with Gasteiger partial charge in [0.05, 0.1) is 0 Å². The van der Waals surface area contributed by atoms with Crippen molar-refractivity contribution in [2.24, 2.45) is 5.92 Å². The van der Waals surface area contributed by atoms with Gasteiger partial charge in [0, 0.05) is 5.56 Å². The quantitative estimate of drug-likeness (QED) is 0.874. The highest BCUT2D eigenvalue weighted by Crippen LogP contribution is 2.58. The van der Waals surface area contributed by atoms with E-state index in [1.807, 2.05) is 6.07 Å². The van der Waals surface area contributed by atoms with E-state index in [0.29, 0.717) is 6.61 Å². The Labute approximate surface area is 124 Å². The van der Waals surface area contributed by atoms with E-state index >= 15 is 0 Å². The molecule has 0 amide bonds. The molecule has 3 heteroatoms. The molecule has 0 saturated heterocycles. The van der Waals surface area contributed by atoms with Gasteiger partial charge < -0.3 is 9.84 Å². The van der Waals surface area contributed by atoms with E-state index in [1.54, 1.807) is 0 Å². The first-order chi connectivity index (χ1) is 10.3. The Morgan fingerprint density at radius 1 is 1.14 bits per heavy atom. The zero-order valence-electron chi connectivity index (χ0n) is 11.7. The third-order valence-electron chi connectivity index (χ3n) is 4.17. The minimum Gasteiger partial charge on any atom is -0.489 e. The monoisotopic (exact) mass is 282 g/mol. The van der Waals surface area contributed by atoms with Crippen molar-refractivity contribution in [3.05, 3.63) is 65.2 Å². The van der Waals surface area contributed by atoms with Crippen molar-refractivity contribution in [2.75, 3.05) is 0 Å². The molecule has 0 bridgehead atoms. The number of benzene rings is 2. The number of hydrogen-bond donors (Lipinski definition) is 1. The molecule has 1 fully saturated rings. The Morgan fingerprint density at radius 2 is 1.90 bits per heavy atom. The molecule has 1 N–H and O–H groups in total. The van der Waals surface area contributed by atoms with Crippen molar-refractivity contribution in [3.63, 3.8) is 0 Å². The van der Waals surface area contributed by atoms with Crippen LogP contribution in [0, 0.1) is 5.92 Å². The molecule has 2 aliphatic rings. The van der Waals surface area contributed by atoms with Crippen LogP contribution in [0.4, 0.5) is 0 Å². The van der Waals surface area contributed by atoms with Crippen LogP contribution in [0.2, 0.25) is 0 Å². The van der Waals surface area contributed by atoms with Crippen LogP contribution in [0.5, 0.6) is 5.75 Å². The van der Waals surface area contributed by atoms with Crippen LogP contribution in [-0.2, 0) is 17.8 Å². The van der Waals surface area contributed by atoms with Gasteiger partial charge in [0.15, 0.2) is 0 Å². The Morgan fingerprint density at radius 3 is 2.67 bits per heavy atom. The Hall–Kier alpha value is -2.29. The van der Waals surface area contributed by atoms with Crippen LogP contribution >= 0.6 is 0 Å². The van der Waals surface area contributed by atoms with Gasteiger partial charge in [-0.3, -0.25) is 4.79 Å². The maximum atomic E-state index is 8.36. The average molecular weight is 282 g/mol. The van der Waals surface area contributed by atoms with Crippen molar-refractivity contribution in [1.29, 1.82) is 0 Å². The molecular weight excluding hydrogens is 264 g/mol. The Balaban J connectivity index is 0.000000409. The van der Waals surface area contributed by atoms with Gasteiger partial charge in [0.2, 0.25) is 0 Å². The van der Waals surface area contributed by atoms with Crippen LogP contribution in [0.25, 0.3) is 0 Å². The number of ether oxygens (including phenoxy) is 1. The summed E-state index contributed by atoms with van der Waals surface area (Å²) >= 11 is 0. The van der Waals surface area contributed by atoms with Crippen LogP contribution < -0.4 is 4.74 Å². The molecule has 108 valence electrons. The van der Waals surface area contributed by atoms with Gasteiger partial charge >= 0.3 is 0 Å². The molecule has 0 heterocycles. The lowest BCUT2D eigenvalue weighted by Crippen LogP contribution is -1.98. The first kappa shape index (κ1) is 13.7. The van der Waals surface area contributed by atoms with Gasteiger partial charge in [0.25, 0.3) is 6.47 Å². The summed E-state index contributed by atoms with van der Waals surface area (Å²) in [6.07, 6.45) is 2.64. The largest absolute Gasteiger partial charge is 0.489 e. The van der Waals surface area contributed by atoms with Gasteiger partial charge in [-0.2, -0.15) is 0 Å². The van der Waals surface area contributed by atoms with Crippen molar-refractivity contribution >= 4 is 6.47 Å². The number of hydrogen-bond acceptors (Lipinski definition) is 2. The van der Waals surface area contributed by atoms with Gasteiger partial charge in [-0.05, 0) is 41.9 Å². The van der Waals surface area contributed by atoms with Crippen LogP contribution in [0.3, 0.4) is 0 Å². The smallest absolute Gasteiger partial charge is 0.290 e. The van der Waals surface area contributed by atoms with Gasteiger partial charge in [-0.1, -0.05) is 42.5 Å². The second-order valence-electron chi connectivity index (χ2n) is 5.52. The molecule has 0 aromatic heterocycles. The number of rotatable bonds is 3. The summed E-state index contributed by atoms with van der Waals surface area (Å²) in [6.45, 7) is 0.425. The molecule has 4 rings (SSSR count). The van der Waals surface area contributed by atoms with E-state index < -0.39 is 0 Å². The molecule has 21 heavy (non-hydrogen) atoms. The molecular formula is C18H18O3. The molecule has 2 aromatic carbocycles. The van der Waals surface area contributed by atoms with Gasteiger partial charge in [-0.15, -0.1) is 0 Å². The van der Waals surface area contributed by atoms with E-state index in [0.717, 1.165) is 17.6 Å². The summed E-state index contributed by atoms with van der Waals surface area (Å²) in [5.74, 6) is 2.83. The highest BCUT2D eigenvalue weighted by atomic mass is 16.5. The minimum absolute atomic E-state index is 0.250. The summed E-state index contributed by atoms with van der Waals surface area (Å²) in [6, 6.07) is 16.9. The molecule has 0 spiro atoms. The molecule has 2 aromatic rings. The van der Waals surface area contributed by atoms with Crippen molar-refractivity contribution < 1.29 is 14.6 Å². The molecule has 2 aliphatic carbocycles. The summed E-state index contributed by atoms with van der Waals surface area (Å²) < 4.78 is 6.03. The predicted octanol–water partition coefficient (Wildman–Crippen LogP) is 3.63. The third kappa shape index (κ3) is 2.92. The Kier molecular flexibility index (Phi) is 3.91. The number of carboxylic acid groups (broad SMARTS) is 1. The van der Waals surface area contributed by atoms with Gasteiger partial charge in [0.1, 0.15) is 12.4 Å². The molecule has 2 atom stereocenters. The standard InChI is InChI=1S/C17H16O.CH2O2/c1-2-5-12(6-3-1)11-18-16-8-4-7-13-9-14-10-15(14)17(13)16;2-1-3/h1-8,14-15H,9-11H2;1H,(H,2,3). The lowest BCUT2D eigenvalue weighted by molar-refractivity contribution is -0.122. The fraction of sp³-hybridized carbons (Fsp3) is 0.278. The molecule has 2 unspecified atom stereocenters. The topological polar surface area (TPSA) is 46.5 Å². The first-order valence-electron chi connectivity index (χ1n) is 7.20. The lowest BCUT2D eigenvalue weighted by atomic mass is 10.1. The molecule has 0 radical (unpaired) electrons. The molecule has 3 nitrogen and oxygen atoms in total. The normalized spacial score (nSPS) is 20.6. The first-order valence-corrected chi connectivity index (χ1v) is 7.20. The van der Waals surface area contributed by atoms with Crippen molar-refractivity contribution in [3.8, 4) is 5.75 Å². The van der Waals surface area contributed by atoms with Crippen molar-refractivity contribution in [2.45, 2.75) is 25.4 Å². The zero-order chi connectivity index (χ0) is 14.7. The Bertz CT molecular complexity index is 622. The van der Waals surface area contributed by atoms with E-state index in [2.05, 4.69) is 42.5 Å². The molecule has 0 aliphatic heterocycles. The van der Waals surface area contributed by atoms with Crippen LogP contribution in [-0.4, -0.2) is 11.6 Å². The SMILES string of the molecule is O=CO.c1ccc(COc2cccc3c2C2CC2C3)cc1. The van der Waals surface area contributed by atoms with E-state index in [4.69, 9.17) is 14.6 Å². The summed E-state index contributed by atoms with van der Waals surface area (Å²) in [7, 11) is 0. The average Bonchev–Trinajstić information content (AvgIpc) is 3.18. The van der Waals surface area contributed by atoms with Crippen LogP contribution in [0.15, 0.2) is 48.5 Å². The second kappa shape index (κ2) is 6.00. The number of carbonyl (C=O) groups is 1. The summed E-state index contributed by atoms with van der Waals surface area (Å²) in [4.78, 5) is 8.36. The lowest BCUT2D eigenvalue weighted by Gasteiger charge is -2.12. The fourth-order valence-corrected chi connectivity index (χ4v) is 3.16. The highest BCUT2D eigenvalue weighted by molar-refractivity contribution is 5.50. The fourth-order valence-electron chi connectivity index (χ4n) is 3.16. The van der Waals surface area contributed by atoms with E-state index in [1.165, 1.54) is 29.5 Å². The van der Waals surface area contributed by atoms with E-state index in [9.17, 15) is 0 Å². The maximum absolute atomic E-state index is 8.36. The van der Waals surface area contributed by atoms with Crippen LogP contribution in [0.1, 0.15) is 29.0 Å². The second-order valence-corrected chi connectivity index (χ2v) is 5.52. The zero-order valence-corrected chi connectivity index (χ0v) is 11.7.